The van der Waals surface area contributed by atoms with E-state index in [4.69, 9.17) is 5.11 Å². The molecule has 1 aliphatic rings. The van der Waals surface area contributed by atoms with Gasteiger partial charge in [-0.05, 0) is 38.3 Å². The van der Waals surface area contributed by atoms with Crippen molar-refractivity contribution in [2.45, 2.75) is 37.8 Å². The fraction of sp³-hybridized carbons (Fsp3) is 0.368. The summed E-state index contributed by atoms with van der Waals surface area (Å²) in [5.41, 5.74) is 2.62. The molecule has 0 atom stereocenters. The Morgan fingerprint density at radius 2 is 2.15 bits per heavy atom. The average Bonchev–Trinajstić information content (AvgIpc) is 3.12. The standard InChI is InChI=1S/C19H21N3O4S/c1-12(24)13-4-2-5-14(10-13)20-17(25)11-27-18-15-6-3-7-16(15)22(8-9-23)19(26)21-18/h2,4-5,10,23H,3,6-9,11H2,1H3,(H,20,25). The van der Waals surface area contributed by atoms with Crippen LogP contribution in [0.4, 0.5) is 5.69 Å². The van der Waals surface area contributed by atoms with Crippen molar-refractivity contribution in [3.8, 4) is 0 Å². The number of ketones is 1. The third-order valence-electron chi connectivity index (χ3n) is 4.42. The van der Waals surface area contributed by atoms with E-state index < -0.39 is 0 Å². The molecule has 0 radical (unpaired) electrons. The largest absolute Gasteiger partial charge is 0.395 e. The van der Waals surface area contributed by atoms with Crippen LogP contribution < -0.4 is 11.0 Å². The van der Waals surface area contributed by atoms with Gasteiger partial charge >= 0.3 is 5.69 Å². The first-order valence-electron chi connectivity index (χ1n) is 8.76. The Kier molecular flexibility index (Phi) is 6.08. The molecule has 1 heterocycles. The molecule has 0 saturated heterocycles. The van der Waals surface area contributed by atoms with Crippen LogP contribution in [-0.2, 0) is 24.2 Å². The number of aromatic nitrogens is 2. The minimum Gasteiger partial charge on any atom is -0.395 e. The summed E-state index contributed by atoms with van der Waals surface area (Å²) in [7, 11) is 0. The Balaban J connectivity index is 1.70. The van der Waals surface area contributed by atoms with E-state index in [0.717, 1.165) is 30.5 Å². The van der Waals surface area contributed by atoms with Crippen molar-refractivity contribution in [2.75, 3.05) is 17.7 Å². The molecule has 0 unspecified atom stereocenters. The molecule has 0 spiro atoms. The van der Waals surface area contributed by atoms with Crippen molar-refractivity contribution in [2.24, 2.45) is 0 Å². The van der Waals surface area contributed by atoms with Crippen LogP contribution in [0.1, 0.15) is 35.0 Å². The fourth-order valence-corrected chi connectivity index (χ4v) is 4.06. The number of hydrogen-bond donors (Lipinski definition) is 2. The van der Waals surface area contributed by atoms with Crippen molar-refractivity contribution in [3.63, 3.8) is 0 Å². The molecular weight excluding hydrogens is 366 g/mol. The second kappa shape index (κ2) is 8.49. The van der Waals surface area contributed by atoms with E-state index in [1.807, 2.05) is 0 Å². The van der Waals surface area contributed by atoms with Gasteiger partial charge in [0.1, 0.15) is 5.03 Å². The average molecular weight is 387 g/mol. The van der Waals surface area contributed by atoms with E-state index in [0.29, 0.717) is 16.3 Å². The van der Waals surface area contributed by atoms with E-state index in [9.17, 15) is 14.4 Å². The number of aliphatic hydroxyl groups excluding tert-OH is 1. The number of carbonyl (C=O) groups excluding carboxylic acids is 2. The van der Waals surface area contributed by atoms with Crippen LogP contribution in [0, 0.1) is 0 Å². The third kappa shape index (κ3) is 4.45. The van der Waals surface area contributed by atoms with Crippen LogP contribution in [0.15, 0.2) is 34.1 Å². The van der Waals surface area contributed by atoms with E-state index in [2.05, 4.69) is 10.3 Å². The van der Waals surface area contributed by atoms with E-state index in [1.54, 1.807) is 24.3 Å². The van der Waals surface area contributed by atoms with Gasteiger partial charge in [0.05, 0.1) is 18.9 Å². The monoisotopic (exact) mass is 387 g/mol. The van der Waals surface area contributed by atoms with Gasteiger partial charge in [-0.15, -0.1) is 0 Å². The van der Waals surface area contributed by atoms with Crippen LogP contribution >= 0.6 is 11.8 Å². The van der Waals surface area contributed by atoms with Gasteiger partial charge in [0, 0.05) is 22.5 Å². The molecule has 7 nitrogen and oxygen atoms in total. The van der Waals surface area contributed by atoms with Gasteiger partial charge in [-0.2, -0.15) is 4.98 Å². The first-order chi connectivity index (χ1) is 13.0. The van der Waals surface area contributed by atoms with Crippen molar-refractivity contribution < 1.29 is 14.7 Å². The summed E-state index contributed by atoms with van der Waals surface area (Å²) in [6.45, 7) is 1.61. The van der Waals surface area contributed by atoms with Crippen molar-refractivity contribution >= 4 is 29.1 Å². The highest BCUT2D eigenvalue weighted by Crippen LogP contribution is 2.29. The highest BCUT2D eigenvalue weighted by molar-refractivity contribution is 8.00. The lowest BCUT2D eigenvalue weighted by Gasteiger charge is -2.13. The second-order valence-electron chi connectivity index (χ2n) is 6.33. The van der Waals surface area contributed by atoms with Crippen LogP contribution in [-0.4, -0.2) is 38.7 Å². The zero-order chi connectivity index (χ0) is 19.4. The summed E-state index contributed by atoms with van der Waals surface area (Å²) in [5.74, 6) is -0.176. The Morgan fingerprint density at radius 1 is 1.33 bits per heavy atom. The molecule has 1 aromatic carbocycles. The molecule has 1 amide bonds. The zero-order valence-corrected chi connectivity index (χ0v) is 15.8. The molecule has 142 valence electrons. The minimum atomic E-state index is -0.387. The Bertz CT molecular complexity index is 939. The molecule has 1 aliphatic carbocycles. The fourth-order valence-electron chi connectivity index (χ4n) is 3.18. The summed E-state index contributed by atoms with van der Waals surface area (Å²) >= 11 is 1.24. The van der Waals surface area contributed by atoms with E-state index in [-0.39, 0.29) is 36.3 Å². The molecule has 1 aromatic heterocycles. The molecule has 0 fully saturated rings. The van der Waals surface area contributed by atoms with Crippen LogP contribution in [0.25, 0.3) is 0 Å². The lowest BCUT2D eigenvalue weighted by atomic mass is 10.1. The number of thioether (sulfide) groups is 1. The molecular formula is C19H21N3O4S. The van der Waals surface area contributed by atoms with Gasteiger partial charge in [-0.3, -0.25) is 14.2 Å². The number of Topliss-reactive ketones (excluding diaryl/α,β-unsaturated/α-hetero) is 1. The number of anilines is 1. The smallest absolute Gasteiger partial charge is 0.348 e. The molecule has 3 rings (SSSR count). The summed E-state index contributed by atoms with van der Waals surface area (Å²) in [4.78, 5) is 40.0. The lowest BCUT2D eigenvalue weighted by molar-refractivity contribution is -0.113. The predicted octanol–water partition coefficient (Wildman–Crippen LogP) is 1.66. The maximum atomic E-state index is 12.3. The quantitative estimate of drug-likeness (QED) is 0.426. The number of carbonyl (C=O) groups is 2. The van der Waals surface area contributed by atoms with E-state index >= 15 is 0 Å². The molecule has 0 bridgehead atoms. The highest BCUT2D eigenvalue weighted by atomic mass is 32.2. The molecule has 8 heteroatoms. The first-order valence-corrected chi connectivity index (χ1v) is 9.75. The SMILES string of the molecule is CC(=O)c1cccc(NC(=O)CSc2nc(=O)n(CCO)c3c2CCC3)c1. The summed E-state index contributed by atoms with van der Waals surface area (Å²) in [6, 6.07) is 6.77. The van der Waals surface area contributed by atoms with Crippen LogP contribution in [0.2, 0.25) is 0 Å². The number of rotatable bonds is 7. The number of aliphatic hydroxyl groups is 1. The number of benzene rings is 1. The van der Waals surface area contributed by atoms with Gasteiger partial charge in [0.15, 0.2) is 5.78 Å². The zero-order valence-electron chi connectivity index (χ0n) is 15.0. The number of nitrogens with zero attached hydrogens (tertiary/aromatic N) is 2. The molecule has 0 aliphatic heterocycles. The molecule has 27 heavy (non-hydrogen) atoms. The second-order valence-corrected chi connectivity index (χ2v) is 7.29. The summed E-state index contributed by atoms with van der Waals surface area (Å²) < 4.78 is 1.53. The number of amides is 1. The maximum absolute atomic E-state index is 12.3. The van der Waals surface area contributed by atoms with Crippen molar-refractivity contribution in [1.82, 2.24) is 9.55 Å². The predicted molar refractivity (Wildman–Crippen MR) is 103 cm³/mol. The molecule has 0 saturated carbocycles. The van der Waals surface area contributed by atoms with Crippen LogP contribution in [0.5, 0.6) is 0 Å². The first kappa shape index (κ1) is 19.3. The van der Waals surface area contributed by atoms with Crippen molar-refractivity contribution in [3.05, 3.63) is 51.6 Å². The normalized spacial score (nSPS) is 12.7. The Morgan fingerprint density at radius 3 is 2.89 bits per heavy atom. The van der Waals surface area contributed by atoms with Gasteiger partial charge < -0.3 is 10.4 Å². The lowest BCUT2D eigenvalue weighted by Crippen LogP contribution is -2.28. The molecule has 2 aromatic rings. The molecule has 2 N–H and O–H groups in total. The minimum absolute atomic E-state index is 0.0660. The van der Waals surface area contributed by atoms with Gasteiger partial charge in [0.25, 0.3) is 0 Å². The van der Waals surface area contributed by atoms with Crippen LogP contribution in [0.3, 0.4) is 0 Å². The Labute approximate surface area is 160 Å². The van der Waals surface area contributed by atoms with E-state index in [1.165, 1.54) is 23.3 Å². The number of nitrogens with one attached hydrogen (secondary N) is 1. The Hall–Kier alpha value is -2.45. The topological polar surface area (TPSA) is 101 Å². The number of fused-ring (bicyclic) bond motifs is 1. The van der Waals surface area contributed by atoms with Gasteiger partial charge in [0.2, 0.25) is 5.91 Å². The summed E-state index contributed by atoms with van der Waals surface area (Å²) in [6.07, 6.45) is 2.53. The maximum Gasteiger partial charge on any atom is 0.348 e. The number of hydrogen-bond acceptors (Lipinski definition) is 6. The highest BCUT2D eigenvalue weighted by Gasteiger charge is 2.22. The summed E-state index contributed by atoms with van der Waals surface area (Å²) in [5, 5.41) is 12.5. The van der Waals surface area contributed by atoms with Gasteiger partial charge in [-0.1, -0.05) is 23.9 Å². The van der Waals surface area contributed by atoms with Crippen molar-refractivity contribution in [1.29, 1.82) is 0 Å². The van der Waals surface area contributed by atoms with Gasteiger partial charge in [-0.25, -0.2) is 4.79 Å². The third-order valence-corrected chi connectivity index (χ3v) is 5.43.